The number of benzene rings is 2. The van der Waals surface area contributed by atoms with Gasteiger partial charge in [0.05, 0.1) is 0 Å². The molecule has 1 heterocycles. The zero-order chi connectivity index (χ0) is 17.7. The van der Waals surface area contributed by atoms with Gasteiger partial charge in [0.2, 0.25) is 5.16 Å². The quantitative estimate of drug-likeness (QED) is 0.570. The van der Waals surface area contributed by atoms with Crippen molar-refractivity contribution in [1.29, 1.82) is 0 Å². The summed E-state index contributed by atoms with van der Waals surface area (Å²) < 4.78 is 12.0. The molecule has 0 radical (unpaired) electrons. The fraction of sp³-hybridized carbons (Fsp3) is 0.250. The van der Waals surface area contributed by atoms with E-state index in [1.54, 1.807) is 0 Å². The van der Waals surface area contributed by atoms with Crippen molar-refractivity contribution >= 4 is 8.46 Å². The summed E-state index contributed by atoms with van der Waals surface area (Å²) in [6.45, 7) is 4.06. The number of aromatic nitrogens is 3. The summed E-state index contributed by atoms with van der Waals surface area (Å²) in [5.74, 6) is 1.85. The molecule has 0 saturated carbocycles. The zero-order valence-electron chi connectivity index (χ0n) is 14.4. The molecule has 4 nitrogen and oxygen atoms in total. The lowest BCUT2D eigenvalue weighted by Crippen LogP contribution is -2.21. The summed E-state index contributed by atoms with van der Waals surface area (Å²) in [7, 11) is -0.498. The molecule has 0 N–H and O–H groups in total. The smallest absolute Gasteiger partial charge is 0.208 e. The van der Waals surface area contributed by atoms with Crippen LogP contribution in [0.15, 0.2) is 60.7 Å². The molecule has 3 aromatic rings. The maximum absolute atomic E-state index is 12.0. The van der Waals surface area contributed by atoms with Crippen LogP contribution in [0.2, 0.25) is 0 Å². The molecule has 0 fully saturated rings. The molecule has 1 unspecified atom stereocenters. The highest BCUT2D eigenvalue weighted by atomic mass is 31.1. The van der Waals surface area contributed by atoms with E-state index in [1.165, 1.54) is 0 Å². The van der Waals surface area contributed by atoms with Crippen molar-refractivity contribution in [3.05, 3.63) is 66.5 Å². The minimum absolute atomic E-state index is 0.498. The topological polar surface area (TPSA) is 55.7 Å². The van der Waals surface area contributed by atoms with Crippen LogP contribution in [-0.2, 0) is 9.72 Å². The van der Waals surface area contributed by atoms with Crippen molar-refractivity contribution in [3.8, 4) is 22.8 Å². The van der Waals surface area contributed by atoms with Gasteiger partial charge in [-0.05, 0) is 0 Å². The molecule has 0 saturated heterocycles. The fourth-order valence-electron chi connectivity index (χ4n) is 2.78. The molecular formula is C20H21N3OP+. The van der Waals surface area contributed by atoms with Crippen LogP contribution in [0.5, 0.6) is 0 Å². The number of rotatable bonds is 6. The molecule has 1 aromatic heterocycles. The third-order valence-electron chi connectivity index (χ3n) is 4.53. The van der Waals surface area contributed by atoms with Gasteiger partial charge < -0.3 is 0 Å². The minimum Gasteiger partial charge on any atom is -0.208 e. The highest BCUT2D eigenvalue weighted by Gasteiger charge is 2.41. The minimum atomic E-state index is -0.532. The Labute approximate surface area is 149 Å². The maximum Gasteiger partial charge on any atom is 0.339 e. The second-order valence-electron chi connectivity index (χ2n) is 5.93. The van der Waals surface area contributed by atoms with Crippen LogP contribution in [0.4, 0.5) is 0 Å². The molecule has 1 atom stereocenters. The lowest BCUT2D eigenvalue weighted by Gasteiger charge is -2.17. The summed E-state index contributed by atoms with van der Waals surface area (Å²) in [5.41, 5.74) is 1.86. The standard InChI is InChI=1S/C20H20N3OP/c1-3-20(4-2,25-24)19-22-17(15-11-7-5-8-12-15)21-18(23-19)16-13-9-6-10-14-16/h5-14H,3-4H2,1-2H3/p+1. The van der Waals surface area contributed by atoms with Crippen molar-refractivity contribution < 1.29 is 4.57 Å². The largest absolute Gasteiger partial charge is 0.339 e. The van der Waals surface area contributed by atoms with Crippen LogP contribution in [0, 0.1) is 0 Å². The van der Waals surface area contributed by atoms with Gasteiger partial charge in [-0.25, -0.2) is 15.0 Å². The maximum atomic E-state index is 12.0. The molecule has 0 spiro atoms. The average molecular weight is 350 g/mol. The number of hydrogen-bond acceptors (Lipinski definition) is 4. The molecular weight excluding hydrogens is 329 g/mol. The first kappa shape index (κ1) is 17.4. The first-order valence-electron chi connectivity index (χ1n) is 8.49. The molecule has 126 valence electrons. The van der Waals surface area contributed by atoms with Gasteiger partial charge in [0.25, 0.3) is 0 Å². The third kappa shape index (κ3) is 3.49. The predicted molar refractivity (Wildman–Crippen MR) is 102 cm³/mol. The summed E-state index contributed by atoms with van der Waals surface area (Å²) >= 11 is 0. The van der Waals surface area contributed by atoms with Crippen LogP contribution in [0.3, 0.4) is 0 Å². The Hall–Kier alpha value is -2.45. The lowest BCUT2D eigenvalue weighted by atomic mass is 10.0. The van der Waals surface area contributed by atoms with Gasteiger partial charge in [0, 0.05) is 24.0 Å². The Balaban J connectivity index is 2.23. The van der Waals surface area contributed by atoms with Gasteiger partial charge in [0.1, 0.15) is 0 Å². The highest BCUT2D eigenvalue weighted by molar-refractivity contribution is 7.25. The van der Waals surface area contributed by atoms with Crippen LogP contribution >= 0.6 is 8.46 Å². The molecule has 2 aromatic carbocycles. The van der Waals surface area contributed by atoms with E-state index in [4.69, 9.17) is 9.97 Å². The second kappa shape index (κ2) is 7.62. The van der Waals surface area contributed by atoms with E-state index in [-0.39, 0.29) is 0 Å². The Morgan fingerprint density at radius 1 is 0.760 bits per heavy atom. The first-order chi connectivity index (χ1) is 12.2. The molecule has 0 aliphatic carbocycles. The normalized spacial score (nSPS) is 11.6. The first-order valence-corrected chi connectivity index (χ1v) is 9.40. The molecule has 3 rings (SSSR count). The highest BCUT2D eigenvalue weighted by Crippen LogP contribution is 2.40. The lowest BCUT2D eigenvalue weighted by molar-refractivity contribution is 0.499. The second-order valence-corrected chi connectivity index (χ2v) is 7.09. The van der Waals surface area contributed by atoms with E-state index in [0.717, 1.165) is 24.0 Å². The van der Waals surface area contributed by atoms with E-state index in [0.29, 0.717) is 17.5 Å². The summed E-state index contributed by atoms with van der Waals surface area (Å²) in [5, 5.41) is -0.532. The van der Waals surface area contributed by atoms with E-state index >= 15 is 0 Å². The van der Waals surface area contributed by atoms with Crippen molar-refractivity contribution in [2.24, 2.45) is 0 Å². The van der Waals surface area contributed by atoms with Crippen molar-refractivity contribution in [2.75, 3.05) is 0 Å². The van der Waals surface area contributed by atoms with E-state index < -0.39 is 13.6 Å². The Morgan fingerprint density at radius 2 is 1.20 bits per heavy atom. The molecule has 25 heavy (non-hydrogen) atoms. The van der Waals surface area contributed by atoms with Gasteiger partial charge in [-0.15, -0.1) is 0 Å². The Kier molecular flexibility index (Phi) is 5.30. The molecule has 0 bridgehead atoms. The monoisotopic (exact) mass is 350 g/mol. The van der Waals surface area contributed by atoms with Gasteiger partial charge in [-0.1, -0.05) is 79.1 Å². The van der Waals surface area contributed by atoms with Crippen LogP contribution in [0.25, 0.3) is 22.8 Å². The fourth-order valence-corrected chi connectivity index (χ4v) is 3.27. The van der Waals surface area contributed by atoms with Gasteiger partial charge in [-0.3, -0.25) is 0 Å². The molecule has 0 aliphatic rings. The van der Waals surface area contributed by atoms with Crippen molar-refractivity contribution in [1.82, 2.24) is 15.0 Å². The Bertz CT molecular complexity index is 792. The van der Waals surface area contributed by atoms with Crippen LogP contribution in [-0.4, -0.2) is 15.0 Å². The summed E-state index contributed by atoms with van der Waals surface area (Å²) in [6, 6.07) is 19.7. The molecule has 0 amide bonds. The van der Waals surface area contributed by atoms with E-state index in [1.807, 2.05) is 74.5 Å². The average Bonchev–Trinajstić information content (AvgIpc) is 2.71. The summed E-state index contributed by atoms with van der Waals surface area (Å²) in [6.07, 6.45) is 1.44. The van der Waals surface area contributed by atoms with E-state index in [2.05, 4.69) is 4.98 Å². The van der Waals surface area contributed by atoms with Gasteiger partial charge in [-0.2, -0.15) is 0 Å². The van der Waals surface area contributed by atoms with E-state index in [9.17, 15) is 4.57 Å². The summed E-state index contributed by atoms with van der Waals surface area (Å²) in [4.78, 5) is 14.1. The molecule has 0 aliphatic heterocycles. The zero-order valence-corrected chi connectivity index (χ0v) is 15.4. The van der Waals surface area contributed by atoms with Crippen LogP contribution in [0.1, 0.15) is 32.5 Å². The van der Waals surface area contributed by atoms with Crippen LogP contribution < -0.4 is 0 Å². The number of nitrogens with zero attached hydrogens (tertiary/aromatic N) is 3. The van der Waals surface area contributed by atoms with Gasteiger partial charge >= 0.3 is 8.46 Å². The SMILES string of the molecule is CCC(CC)([PH+]=O)c1nc(-c2ccccc2)nc(-c2ccccc2)n1. The predicted octanol–water partition coefficient (Wildman–Crippen LogP) is 5.24. The van der Waals surface area contributed by atoms with Gasteiger partial charge in [0.15, 0.2) is 17.5 Å². The third-order valence-corrected chi connectivity index (χ3v) is 5.85. The van der Waals surface area contributed by atoms with Crippen molar-refractivity contribution in [3.63, 3.8) is 0 Å². The molecule has 5 heteroatoms. The Morgan fingerprint density at radius 3 is 1.56 bits per heavy atom. The number of hydrogen-bond donors (Lipinski definition) is 0. The van der Waals surface area contributed by atoms with Crippen molar-refractivity contribution in [2.45, 2.75) is 31.8 Å².